The Morgan fingerprint density at radius 2 is 1.92 bits per heavy atom. The zero-order chi connectivity index (χ0) is 34.8. The molecule has 252 valence electrons. The van der Waals surface area contributed by atoms with E-state index in [0.29, 0.717) is 23.4 Å². The molecule has 14 heteroatoms. The molecule has 2 amide bonds. The maximum atomic E-state index is 15.3. The first-order valence-corrected chi connectivity index (χ1v) is 15.7. The van der Waals surface area contributed by atoms with Crippen molar-refractivity contribution in [3.63, 3.8) is 0 Å². The molecule has 1 saturated carbocycles. The molecule has 2 atom stereocenters. The molecular formula is C35H29ClF3N5O5. The summed E-state index contributed by atoms with van der Waals surface area (Å²) in [5.74, 6) is -3.55. The molecule has 7 rings (SSSR count). The molecule has 0 radical (unpaired) electrons. The smallest absolute Gasteiger partial charge is 0.251 e. The van der Waals surface area contributed by atoms with Crippen molar-refractivity contribution >= 4 is 28.9 Å². The standard InChI is InChI=1S/C35H29ClF3N5O5/c1-34(33(40)46)16-49-31-23(34)13-28(42-30(31)22-12-24(36)26(39)14-25(22)38)35(47,19-4-3-5-20(37)10-19)15-41-32(45)18-8-21-11-27(17-6-7-17)43-44(21)29(9-18)48-2/h3-5,8-14,17,47H,6-7,15-16H2,1-2H3,(H2,40,46)(H,41,45)/t34-,35+/m0/s1. The number of amides is 2. The monoisotopic (exact) mass is 691 g/mol. The lowest BCUT2D eigenvalue weighted by molar-refractivity contribution is -0.123. The number of pyridine rings is 2. The fraction of sp³-hybridized carbons (Fsp3) is 0.257. The van der Waals surface area contributed by atoms with Gasteiger partial charge in [0.25, 0.3) is 5.91 Å². The molecule has 4 heterocycles. The Morgan fingerprint density at radius 1 is 1.14 bits per heavy atom. The van der Waals surface area contributed by atoms with Crippen LogP contribution in [0.2, 0.25) is 5.02 Å². The van der Waals surface area contributed by atoms with Crippen molar-refractivity contribution in [1.82, 2.24) is 19.9 Å². The van der Waals surface area contributed by atoms with Crippen molar-refractivity contribution in [3.8, 4) is 22.9 Å². The van der Waals surface area contributed by atoms with Crippen LogP contribution in [0.25, 0.3) is 16.8 Å². The number of carbonyl (C=O) groups excluding carboxylic acids is 2. The van der Waals surface area contributed by atoms with Crippen molar-refractivity contribution < 1.29 is 37.3 Å². The summed E-state index contributed by atoms with van der Waals surface area (Å²) in [4.78, 5) is 31.0. The van der Waals surface area contributed by atoms with Crippen LogP contribution >= 0.6 is 11.6 Å². The number of fused-ring (bicyclic) bond motifs is 2. The van der Waals surface area contributed by atoms with Gasteiger partial charge in [-0.3, -0.25) is 9.59 Å². The Labute approximate surface area is 282 Å². The fourth-order valence-electron chi connectivity index (χ4n) is 6.03. The summed E-state index contributed by atoms with van der Waals surface area (Å²) in [7, 11) is 1.45. The van der Waals surface area contributed by atoms with Gasteiger partial charge in [-0.1, -0.05) is 23.7 Å². The van der Waals surface area contributed by atoms with E-state index in [9.17, 15) is 23.5 Å². The number of nitrogens with zero attached hydrogens (tertiary/aromatic N) is 3. The number of nitrogens with one attached hydrogen (secondary N) is 1. The van der Waals surface area contributed by atoms with E-state index < -0.39 is 51.8 Å². The Bertz CT molecular complexity index is 2190. The number of rotatable bonds is 9. The highest BCUT2D eigenvalue weighted by molar-refractivity contribution is 6.31. The quantitative estimate of drug-likeness (QED) is 0.182. The number of ether oxygens (including phenoxy) is 2. The summed E-state index contributed by atoms with van der Waals surface area (Å²) in [6.45, 7) is 0.685. The van der Waals surface area contributed by atoms with E-state index in [-0.39, 0.29) is 46.0 Å². The van der Waals surface area contributed by atoms with Crippen molar-refractivity contribution in [3.05, 3.63) is 111 Å². The Hall–Kier alpha value is -5.14. The number of primary amides is 1. The Morgan fingerprint density at radius 3 is 2.61 bits per heavy atom. The van der Waals surface area contributed by atoms with Gasteiger partial charge < -0.3 is 25.6 Å². The van der Waals surface area contributed by atoms with Crippen LogP contribution in [0.15, 0.2) is 60.7 Å². The van der Waals surface area contributed by atoms with Gasteiger partial charge in [-0.05, 0) is 61.7 Å². The lowest BCUT2D eigenvalue weighted by atomic mass is 9.80. The predicted molar refractivity (Wildman–Crippen MR) is 172 cm³/mol. The molecule has 0 saturated heterocycles. The highest BCUT2D eigenvalue weighted by atomic mass is 35.5. The SMILES string of the molecule is COc1cc(C(=O)NC[C@@](O)(c2cccc(F)c2)c2cc3c(c(-c4cc(Cl)c(F)cc4F)n2)OC[C@]3(C)C(N)=O)cc2cc(C3CC3)nn12. The number of carbonyl (C=O) groups is 2. The van der Waals surface area contributed by atoms with Gasteiger partial charge in [-0.25, -0.2) is 22.7 Å². The first-order valence-electron chi connectivity index (χ1n) is 15.3. The van der Waals surface area contributed by atoms with E-state index in [1.54, 1.807) is 10.6 Å². The normalized spacial score (nSPS) is 18.1. The van der Waals surface area contributed by atoms with E-state index in [1.807, 2.05) is 6.07 Å². The van der Waals surface area contributed by atoms with Gasteiger partial charge >= 0.3 is 0 Å². The number of nitrogens with two attached hydrogens (primary N) is 1. The lowest BCUT2D eigenvalue weighted by Gasteiger charge is -2.30. The number of methoxy groups -OCH3 is 1. The summed E-state index contributed by atoms with van der Waals surface area (Å²) < 4.78 is 57.1. The van der Waals surface area contributed by atoms with Crippen molar-refractivity contribution in [1.29, 1.82) is 0 Å². The zero-order valence-corrected chi connectivity index (χ0v) is 26.9. The summed E-state index contributed by atoms with van der Waals surface area (Å²) in [6.07, 6.45) is 2.06. The third kappa shape index (κ3) is 5.52. The van der Waals surface area contributed by atoms with E-state index in [0.717, 1.165) is 30.7 Å². The van der Waals surface area contributed by atoms with Gasteiger partial charge in [0.15, 0.2) is 0 Å². The third-order valence-electron chi connectivity index (χ3n) is 9.13. The average molecular weight is 692 g/mol. The molecule has 49 heavy (non-hydrogen) atoms. The van der Waals surface area contributed by atoms with Gasteiger partial charge in [0.1, 0.15) is 46.5 Å². The van der Waals surface area contributed by atoms with Crippen molar-refractivity contribution in [2.45, 2.75) is 36.7 Å². The second kappa shape index (κ2) is 11.8. The molecule has 2 aliphatic rings. The topological polar surface area (TPSA) is 141 Å². The molecule has 5 aromatic rings. The molecule has 10 nitrogen and oxygen atoms in total. The van der Waals surface area contributed by atoms with Gasteiger partial charge in [0, 0.05) is 34.7 Å². The predicted octanol–water partition coefficient (Wildman–Crippen LogP) is 5.15. The molecule has 1 aliphatic heterocycles. The van der Waals surface area contributed by atoms with Crippen LogP contribution < -0.4 is 20.5 Å². The number of hydrogen-bond acceptors (Lipinski definition) is 7. The molecule has 0 spiro atoms. The van der Waals surface area contributed by atoms with Crippen LogP contribution in [0.3, 0.4) is 0 Å². The van der Waals surface area contributed by atoms with Crippen molar-refractivity contribution in [2.24, 2.45) is 5.73 Å². The maximum Gasteiger partial charge on any atom is 0.251 e. The first kappa shape index (κ1) is 32.4. The Kier molecular flexibility index (Phi) is 7.79. The molecule has 1 fully saturated rings. The summed E-state index contributed by atoms with van der Waals surface area (Å²) in [5.41, 5.74) is 3.11. The number of hydrogen-bond donors (Lipinski definition) is 3. The molecule has 4 N–H and O–H groups in total. The maximum absolute atomic E-state index is 15.3. The third-order valence-corrected chi connectivity index (χ3v) is 9.42. The van der Waals surface area contributed by atoms with Crippen LogP contribution in [0.1, 0.15) is 58.6 Å². The van der Waals surface area contributed by atoms with E-state index >= 15 is 4.39 Å². The minimum atomic E-state index is -2.28. The number of aromatic nitrogens is 3. The summed E-state index contributed by atoms with van der Waals surface area (Å²) in [6, 6.07) is 12.9. The molecule has 1 aliphatic carbocycles. The second-order valence-corrected chi connectivity index (χ2v) is 12.9. The number of halogens is 4. The van der Waals surface area contributed by atoms with Gasteiger partial charge in [0.05, 0.1) is 35.6 Å². The van der Waals surface area contributed by atoms with Gasteiger partial charge in [-0.15, -0.1) is 0 Å². The molecule has 0 unspecified atom stereocenters. The molecule has 3 aromatic heterocycles. The molecular weight excluding hydrogens is 663 g/mol. The van der Waals surface area contributed by atoms with E-state index in [1.165, 1.54) is 44.4 Å². The Balaban J connectivity index is 1.35. The van der Waals surface area contributed by atoms with Crippen LogP contribution in [-0.4, -0.2) is 51.8 Å². The highest BCUT2D eigenvalue weighted by Crippen LogP contribution is 2.47. The lowest BCUT2D eigenvalue weighted by Crippen LogP contribution is -2.43. The summed E-state index contributed by atoms with van der Waals surface area (Å²) in [5, 5.41) is 19.4. The average Bonchev–Trinajstić information content (AvgIpc) is 3.75. The van der Waals surface area contributed by atoms with Crippen LogP contribution in [0.5, 0.6) is 11.6 Å². The molecule has 2 aromatic carbocycles. The largest absolute Gasteiger partial charge is 0.489 e. The number of benzene rings is 2. The van der Waals surface area contributed by atoms with E-state index in [4.69, 9.17) is 26.8 Å². The second-order valence-electron chi connectivity index (χ2n) is 12.5. The van der Waals surface area contributed by atoms with Gasteiger partial charge in [0.2, 0.25) is 11.8 Å². The minimum absolute atomic E-state index is 0.0265. The highest BCUT2D eigenvalue weighted by Gasteiger charge is 2.46. The minimum Gasteiger partial charge on any atom is -0.489 e. The van der Waals surface area contributed by atoms with Crippen LogP contribution in [0, 0.1) is 17.5 Å². The van der Waals surface area contributed by atoms with Crippen LogP contribution in [0.4, 0.5) is 13.2 Å². The van der Waals surface area contributed by atoms with Crippen molar-refractivity contribution in [2.75, 3.05) is 20.3 Å². The van der Waals surface area contributed by atoms with Crippen LogP contribution in [-0.2, 0) is 15.8 Å². The van der Waals surface area contributed by atoms with E-state index in [2.05, 4.69) is 15.4 Å². The summed E-state index contributed by atoms with van der Waals surface area (Å²) >= 11 is 6.02. The molecule has 0 bridgehead atoms. The first-order chi connectivity index (χ1) is 23.3. The van der Waals surface area contributed by atoms with Gasteiger partial charge in [-0.2, -0.15) is 5.10 Å². The number of aliphatic hydroxyl groups is 1. The zero-order valence-electron chi connectivity index (χ0n) is 26.2. The fourth-order valence-corrected chi connectivity index (χ4v) is 6.19.